The van der Waals surface area contributed by atoms with Crippen LogP contribution in [-0.2, 0) is 7.05 Å². The molecule has 3 heteroatoms. The molecule has 1 aromatic heterocycles. The molecule has 2 aromatic rings. The summed E-state index contributed by atoms with van der Waals surface area (Å²) < 4.78 is 2.85. The lowest BCUT2D eigenvalue weighted by Gasteiger charge is -2.08. The van der Waals surface area contributed by atoms with E-state index in [1.54, 1.807) is 12.3 Å². The molecule has 0 bridgehead atoms. The Balaban J connectivity index is 3.06. The van der Waals surface area contributed by atoms with Gasteiger partial charge in [0.25, 0.3) is 0 Å². The van der Waals surface area contributed by atoms with Crippen molar-refractivity contribution in [3.63, 3.8) is 0 Å². The molecule has 0 aliphatic rings. The van der Waals surface area contributed by atoms with Crippen molar-refractivity contribution in [3.8, 4) is 0 Å². The van der Waals surface area contributed by atoms with Crippen molar-refractivity contribution in [1.82, 2.24) is 4.57 Å². The molecule has 0 atom stereocenters. The second kappa shape index (κ2) is 3.66. The third kappa shape index (κ3) is 1.53. The van der Waals surface area contributed by atoms with E-state index in [0.717, 1.165) is 9.99 Å². The highest BCUT2D eigenvalue weighted by Gasteiger charge is 2.06. The molecule has 76 valence electrons. The minimum Gasteiger partial charge on any atom is -0.349 e. The maximum absolute atomic E-state index is 12.0. The van der Waals surface area contributed by atoms with E-state index in [9.17, 15) is 4.79 Å². The monoisotopic (exact) mass is 263 g/mol. The Kier molecular flexibility index (Phi) is 2.49. The molecular formula is C12H10BrNO. The topological polar surface area (TPSA) is 22.0 Å². The Labute approximate surface area is 96.0 Å². The average molecular weight is 264 g/mol. The van der Waals surface area contributed by atoms with Gasteiger partial charge in [-0.15, -0.1) is 0 Å². The number of fused-ring (bicyclic) bond motifs is 1. The zero-order valence-corrected chi connectivity index (χ0v) is 9.91. The third-order valence-electron chi connectivity index (χ3n) is 2.40. The van der Waals surface area contributed by atoms with Crippen LogP contribution in [0, 0.1) is 0 Å². The van der Waals surface area contributed by atoms with Crippen molar-refractivity contribution >= 4 is 32.9 Å². The van der Waals surface area contributed by atoms with Gasteiger partial charge in [0.15, 0.2) is 5.43 Å². The van der Waals surface area contributed by atoms with E-state index >= 15 is 0 Å². The predicted octanol–water partition coefficient (Wildman–Crippen LogP) is 2.94. The fourth-order valence-electron chi connectivity index (χ4n) is 1.69. The number of nitrogens with zero attached hydrogens (tertiary/aromatic N) is 1. The smallest absolute Gasteiger partial charge is 0.196 e. The fraction of sp³-hybridized carbons (Fsp3) is 0.0833. The van der Waals surface area contributed by atoms with Crippen LogP contribution in [0.3, 0.4) is 0 Å². The van der Waals surface area contributed by atoms with Crippen LogP contribution in [-0.4, -0.2) is 4.57 Å². The summed E-state index contributed by atoms with van der Waals surface area (Å²) in [4.78, 5) is 12.0. The molecule has 15 heavy (non-hydrogen) atoms. The van der Waals surface area contributed by atoms with Crippen LogP contribution in [0.25, 0.3) is 17.0 Å². The number of aromatic nitrogens is 1. The third-order valence-corrected chi connectivity index (χ3v) is 3.04. The summed E-state index contributed by atoms with van der Waals surface area (Å²) >= 11 is 3.44. The number of aryl methyl sites for hydroxylation is 1. The van der Waals surface area contributed by atoms with Crippen molar-refractivity contribution in [2.24, 2.45) is 7.05 Å². The molecule has 0 aliphatic heterocycles. The van der Waals surface area contributed by atoms with Gasteiger partial charge in [-0.05, 0) is 28.1 Å². The molecule has 0 amide bonds. The number of benzene rings is 1. The zero-order chi connectivity index (χ0) is 11.0. The number of rotatable bonds is 1. The zero-order valence-electron chi connectivity index (χ0n) is 8.33. The van der Waals surface area contributed by atoms with Gasteiger partial charge < -0.3 is 4.57 Å². The molecule has 0 spiro atoms. The fourth-order valence-corrected chi connectivity index (χ4v) is 2.34. The Bertz CT molecular complexity index is 598. The van der Waals surface area contributed by atoms with Crippen LogP contribution in [0.1, 0.15) is 5.56 Å². The first kappa shape index (κ1) is 10.2. The van der Waals surface area contributed by atoms with Crippen LogP contribution in [0.5, 0.6) is 0 Å². The van der Waals surface area contributed by atoms with Gasteiger partial charge >= 0.3 is 0 Å². The molecule has 0 fully saturated rings. The molecule has 1 aromatic carbocycles. The molecule has 0 N–H and O–H groups in total. The first-order chi connectivity index (χ1) is 7.15. The van der Waals surface area contributed by atoms with E-state index in [2.05, 4.69) is 22.5 Å². The van der Waals surface area contributed by atoms with Gasteiger partial charge in [-0.25, -0.2) is 0 Å². The summed E-state index contributed by atoms with van der Waals surface area (Å²) in [7, 11) is 1.92. The van der Waals surface area contributed by atoms with Gasteiger partial charge in [0.05, 0.1) is 5.52 Å². The van der Waals surface area contributed by atoms with Gasteiger partial charge in [-0.1, -0.05) is 18.7 Å². The first-order valence-electron chi connectivity index (χ1n) is 4.55. The van der Waals surface area contributed by atoms with Crippen molar-refractivity contribution < 1.29 is 0 Å². The first-order valence-corrected chi connectivity index (χ1v) is 5.34. The van der Waals surface area contributed by atoms with Gasteiger partial charge in [0.2, 0.25) is 0 Å². The van der Waals surface area contributed by atoms with Gasteiger partial charge in [-0.2, -0.15) is 0 Å². The Morgan fingerprint density at radius 3 is 2.87 bits per heavy atom. The molecule has 0 unspecified atom stereocenters. The van der Waals surface area contributed by atoms with E-state index in [1.165, 1.54) is 0 Å². The summed E-state index contributed by atoms with van der Waals surface area (Å²) in [5.41, 5.74) is 1.57. The van der Waals surface area contributed by atoms with Crippen molar-refractivity contribution in [3.05, 3.63) is 51.2 Å². The second-order valence-electron chi connectivity index (χ2n) is 3.36. The minimum absolute atomic E-state index is 0.0272. The van der Waals surface area contributed by atoms with E-state index in [1.807, 2.05) is 29.8 Å². The molecule has 1 heterocycles. The van der Waals surface area contributed by atoms with Crippen LogP contribution in [0.15, 0.2) is 40.2 Å². The van der Waals surface area contributed by atoms with E-state index in [0.29, 0.717) is 10.9 Å². The SMILES string of the molecule is C=Cc1cn(C)c2c(Br)cccc2c1=O. The number of hydrogen-bond acceptors (Lipinski definition) is 1. The number of para-hydroxylation sites is 1. The lowest BCUT2D eigenvalue weighted by molar-refractivity contribution is 0.945. The molecule has 0 radical (unpaired) electrons. The summed E-state index contributed by atoms with van der Waals surface area (Å²) in [6, 6.07) is 5.62. The Hall–Kier alpha value is -1.35. The summed E-state index contributed by atoms with van der Waals surface area (Å²) in [5.74, 6) is 0. The summed E-state index contributed by atoms with van der Waals surface area (Å²) in [6.45, 7) is 3.64. The maximum Gasteiger partial charge on any atom is 0.196 e. The number of halogens is 1. The summed E-state index contributed by atoms with van der Waals surface area (Å²) in [6.07, 6.45) is 3.38. The predicted molar refractivity (Wildman–Crippen MR) is 67.0 cm³/mol. The van der Waals surface area contributed by atoms with Gasteiger partial charge in [0.1, 0.15) is 0 Å². The molecular weight excluding hydrogens is 254 g/mol. The van der Waals surface area contributed by atoms with E-state index in [-0.39, 0.29) is 5.43 Å². The highest BCUT2D eigenvalue weighted by Crippen LogP contribution is 2.21. The van der Waals surface area contributed by atoms with E-state index in [4.69, 9.17) is 0 Å². The van der Waals surface area contributed by atoms with Gasteiger partial charge in [0, 0.05) is 28.7 Å². The average Bonchev–Trinajstić information content (AvgIpc) is 2.23. The molecule has 0 aliphatic carbocycles. The molecule has 2 rings (SSSR count). The van der Waals surface area contributed by atoms with E-state index < -0.39 is 0 Å². The number of pyridine rings is 1. The van der Waals surface area contributed by atoms with Crippen molar-refractivity contribution in [2.45, 2.75) is 0 Å². The lowest BCUT2D eigenvalue weighted by Crippen LogP contribution is -2.10. The standard InChI is InChI=1S/C12H10BrNO/c1-3-8-7-14(2)11-9(12(8)15)5-4-6-10(11)13/h3-7H,1H2,2H3. The van der Waals surface area contributed by atoms with Crippen LogP contribution < -0.4 is 5.43 Å². The highest BCUT2D eigenvalue weighted by atomic mass is 79.9. The Morgan fingerprint density at radius 2 is 2.20 bits per heavy atom. The normalized spacial score (nSPS) is 10.5. The largest absolute Gasteiger partial charge is 0.349 e. The number of hydrogen-bond donors (Lipinski definition) is 0. The molecule has 0 saturated carbocycles. The van der Waals surface area contributed by atoms with Crippen LogP contribution in [0.4, 0.5) is 0 Å². The van der Waals surface area contributed by atoms with Crippen molar-refractivity contribution in [1.29, 1.82) is 0 Å². The lowest BCUT2D eigenvalue weighted by atomic mass is 10.1. The molecule has 0 saturated heterocycles. The van der Waals surface area contributed by atoms with Crippen LogP contribution in [0.2, 0.25) is 0 Å². The van der Waals surface area contributed by atoms with Crippen LogP contribution >= 0.6 is 15.9 Å². The minimum atomic E-state index is 0.0272. The van der Waals surface area contributed by atoms with Gasteiger partial charge in [-0.3, -0.25) is 4.79 Å². The maximum atomic E-state index is 12.0. The summed E-state index contributed by atoms with van der Waals surface area (Å²) in [5, 5.41) is 0.712. The quantitative estimate of drug-likeness (QED) is 0.776. The second-order valence-corrected chi connectivity index (χ2v) is 4.22. The van der Waals surface area contributed by atoms with Crippen molar-refractivity contribution in [2.75, 3.05) is 0 Å². The Morgan fingerprint density at radius 1 is 1.47 bits per heavy atom. The highest BCUT2D eigenvalue weighted by molar-refractivity contribution is 9.10. The molecule has 2 nitrogen and oxygen atoms in total.